The topological polar surface area (TPSA) is 73.5 Å². The van der Waals surface area contributed by atoms with E-state index in [1.807, 2.05) is 60.9 Å². The summed E-state index contributed by atoms with van der Waals surface area (Å²) in [5, 5.41) is 2.73. The van der Waals surface area contributed by atoms with Gasteiger partial charge in [0.15, 0.2) is 6.61 Å². The average molecular weight is 366 g/mol. The van der Waals surface area contributed by atoms with Crippen LogP contribution < -0.4 is 5.32 Å². The summed E-state index contributed by atoms with van der Waals surface area (Å²) in [5.74, 6) is -0.0442. The van der Waals surface area contributed by atoms with Gasteiger partial charge in [0.25, 0.3) is 5.91 Å². The van der Waals surface area contributed by atoms with Gasteiger partial charge in [-0.25, -0.2) is 4.79 Å². The fraction of sp³-hybridized carbons (Fsp3) is 0.238. The zero-order chi connectivity index (χ0) is 19.2. The minimum atomic E-state index is -0.511. The third-order valence-electron chi connectivity index (χ3n) is 4.35. The zero-order valence-electron chi connectivity index (χ0n) is 15.4. The van der Waals surface area contributed by atoms with E-state index in [-0.39, 0.29) is 12.5 Å². The molecule has 0 radical (unpaired) electrons. The molecule has 0 aliphatic carbocycles. The quantitative estimate of drug-likeness (QED) is 0.652. The number of hydrogen-bond acceptors (Lipinski definition) is 4. The highest BCUT2D eigenvalue weighted by Crippen LogP contribution is 2.18. The third-order valence-corrected chi connectivity index (χ3v) is 4.35. The molecule has 0 spiro atoms. The molecule has 2 aromatic heterocycles. The Labute approximate surface area is 157 Å². The number of hydrogen-bond donors (Lipinski definition) is 1. The van der Waals surface area contributed by atoms with Gasteiger partial charge in [0.1, 0.15) is 5.76 Å². The van der Waals surface area contributed by atoms with Gasteiger partial charge in [-0.05, 0) is 37.6 Å². The number of aryl methyl sites for hydroxylation is 1. The molecule has 0 aliphatic rings. The molecular formula is C21H22N2O4. The van der Waals surface area contributed by atoms with E-state index in [1.165, 1.54) is 0 Å². The van der Waals surface area contributed by atoms with E-state index in [2.05, 4.69) is 5.32 Å². The lowest BCUT2D eigenvalue weighted by atomic mass is 10.2. The standard InChI is InChI=1S/C21H22N2O4/c1-15-11-19(16(2)23(15)13-18-9-6-10-26-18)21(25)27-14-20(24)22-12-17-7-4-3-5-8-17/h3-11H,12-14H2,1-2H3,(H,22,24). The second-order valence-electron chi connectivity index (χ2n) is 6.29. The molecule has 140 valence electrons. The lowest BCUT2D eigenvalue weighted by molar-refractivity contribution is -0.124. The normalized spacial score (nSPS) is 10.6. The summed E-state index contributed by atoms with van der Waals surface area (Å²) in [4.78, 5) is 24.3. The Kier molecular flexibility index (Phi) is 5.76. The molecule has 3 rings (SSSR count). The minimum Gasteiger partial charge on any atom is -0.467 e. The maximum atomic E-state index is 12.4. The first kappa shape index (κ1) is 18.5. The van der Waals surface area contributed by atoms with Crippen molar-refractivity contribution < 1.29 is 18.7 Å². The summed E-state index contributed by atoms with van der Waals surface area (Å²) >= 11 is 0. The van der Waals surface area contributed by atoms with Crippen LogP contribution in [0.5, 0.6) is 0 Å². The van der Waals surface area contributed by atoms with Crippen molar-refractivity contribution in [3.8, 4) is 0 Å². The number of furan rings is 1. The molecule has 0 aliphatic heterocycles. The monoisotopic (exact) mass is 366 g/mol. The average Bonchev–Trinajstić information content (AvgIpc) is 3.29. The Hall–Kier alpha value is -3.28. The summed E-state index contributed by atoms with van der Waals surface area (Å²) in [7, 11) is 0. The molecule has 27 heavy (non-hydrogen) atoms. The van der Waals surface area contributed by atoms with Crippen LogP contribution in [0, 0.1) is 13.8 Å². The van der Waals surface area contributed by atoms with Gasteiger partial charge in [0.2, 0.25) is 0 Å². The van der Waals surface area contributed by atoms with E-state index < -0.39 is 5.97 Å². The SMILES string of the molecule is Cc1cc(C(=O)OCC(=O)NCc2ccccc2)c(C)n1Cc1ccco1. The highest BCUT2D eigenvalue weighted by Gasteiger charge is 2.18. The van der Waals surface area contributed by atoms with Crippen molar-refractivity contribution in [1.29, 1.82) is 0 Å². The van der Waals surface area contributed by atoms with Crippen LogP contribution in [0.1, 0.15) is 33.1 Å². The van der Waals surface area contributed by atoms with Crippen LogP contribution in [0.25, 0.3) is 0 Å². The number of aromatic nitrogens is 1. The summed E-state index contributed by atoms with van der Waals surface area (Å²) in [5.41, 5.74) is 3.14. The van der Waals surface area contributed by atoms with Crippen molar-refractivity contribution in [3.05, 3.63) is 83.1 Å². The van der Waals surface area contributed by atoms with Gasteiger partial charge in [-0.1, -0.05) is 30.3 Å². The highest BCUT2D eigenvalue weighted by atomic mass is 16.5. The zero-order valence-corrected chi connectivity index (χ0v) is 15.4. The van der Waals surface area contributed by atoms with Gasteiger partial charge >= 0.3 is 5.97 Å². The molecule has 0 fully saturated rings. The second kappa shape index (κ2) is 8.40. The molecule has 0 bridgehead atoms. The maximum Gasteiger partial charge on any atom is 0.340 e. The Balaban J connectivity index is 1.55. The first-order valence-corrected chi connectivity index (χ1v) is 8.71. The number of rotatable bonds is 7. The molecule has 1 N–H and O–H groups in total. The first-order chi connectivity index (χ1) is 13.0. The van der Waals surface area contributed by atoms with Crippen LogP contribution in [0.2, 0.25) is 0 Å². The predicted octanol–water partition coefficient (Wildman–Crippen LogP) is 3.22. The Morgan fingerprint density at radius 2 is 1.89 bits per heavy atom. The van der Waals surface area contributed by atoms with E-state index in [4.69, 9.17) is 9.15 Å². The smallest absolute Gasteiger partial charge is 0.340 e. The van der Waals surface area contributed by atoms with Gasteiger partial charge in [0.05, 0.1) is 18.4 Å². The van der Waals surface area contributed by atoms with E-state index in [9.17, 15) is 9.59 Å². The van der Waals surface area contributed by atoms with Crippen molar-refractivity contribution in [2.24, 2.45) is 0 Å². The van der Waals surface area contributed by atoms with Crippen molar-refractivity contribution in [3.63, 3.8) is 0 Å². The minimum absolute atomic E-state index is 0.312. The first-order valence-electron chi connectivity index (χ1n) is 8.71. The Morgan fingerprint density at radius 3 is 2.59 bits per heavy atom. The van der Waals surface area contributed by atoms with Gasteiger partial charge in [0, 0.05) is 17.9 Å². The summed E-state index contributed by atoms with van der Waals surface area (Å²) in [6.07, 6.45) is 1.62. The molecule has 2 heterocycles. The lowest BCUT2D eigenvalue weighted by Crippen LogP contribution is -2.28. The molecular weight excluding hydrogens is 344 g/mol. The Morgan fingerprint density at radius 1 is 1.11 bits per heavy atom. The second-order valence-corrected chi connectivity index (χ2v) is 6.29. The third kappa shape index (κ3) is 4.67. The summed E-state index contributed by atoms with van der Waals surface area (Å²) < 4.78 is 12.5. The van der Waals surface area contributed by atoms with E-state index >= 15 is 0 Å². The van der Waals surface area contributed by atoms with Crippen LogP contribution >= 0.6 is 0 Å². The molecule has 3 aromatic rings. The number of carbonyl (C=O) groups is 2. The molecule has 0 saturated heterocycles. The van der Waals surface area contributed by atoms with Crippen molar-refractivity contribution in [2.45, 2.75) is 26.9 Å². The maximum absolute atomic E-state index is 12.4. The number of amides is 1. The van der Waals surface area contributed by atoms with Crippen molar-refractivity contribution in [1.82, 2.24) is 9.88 Å². The predicted molar refractivity (Wildman–Crippen MR) is 100 cm³/mol. The number of benzene rings is 1. The molecule has 6 heteroatoms. The van der Waals surface area contributed by atoms with E-state index in [0.717, 1.165) is 22.7 Å². The molecule has 1 amide bonds. The van der Waals surface area contributed by atoms with Crippen LogP contribution in [-0.2, 0) is 22.6 Å². The molecule has 1 aromatic carbocycles. The van der Waals surface area contributed by atoms with Crippen LogP contribution in [0.4, 0.5) is 0 Å². The van der Waals surface area contributed by atoms with Crippen LogP contribution in [-0.4, -0.2) is 23.1 Å². The fourth-order valence-electron chi connectivity index (χ4n) is 2.87. The number of esters is 1. The van der Waals surface area contributed by atoms with Crippen molar-refractivity contribution in [2.75, 3.05) is 6.61 Å². The molecule has 0 atom stereocenters. The summed E-state index contributed by atoms with van der Waals surface area (Å²) in [6, 6.07) is 15.0. The van der Waals surface area contributed by atoms with Crippen LogP contribution in [0.15, 0.2) is 59.2 Å². The lowest BCUT2D eigenvalue weighted by Gasteiger charge is -2.08. The number of carbonyl (C=O) groups excluding carboxylic acids is 2. The Bertz CT molecular complexity index is 911. The highest BCUT2D eigenvalue weighted by molar-refractivity contribution is 5.92. The summed E-state index contributed by atoms with van der Waals surface area (Å²) in [6.45, 7) is 4.39. The van der Waals surface area contributed by atoms with Crippen molar-refractivity contribution >= 4 is 11.9 Å². The van der Waals surface area contributed by atoms with Gasteiger partial charge in [-0.2, -0.15) is 0 Å². The molecule has 0 saturated carbocycles. The number of nitrogens with zero attached hydrogens (tertiary/aromatic N) is 1. The van der Waals surface area contributed by atoms with Crippen LogP contribution in [0.3, 0.4) is 0 Å². The van der Waals surface area contributed by atoms with Gasteiger partial charge < -0.3 is 19.0 Å². The van der Waals surface area contributed by atoms with E-state index in [0.29, 0.717) is 18.7 Å². The number of nitrogens with one attached hydrogen (secondary N) is 1. The molecule has 0 unspecified atom stereocenters. The van der Waals surface area contributed by atoms with E-state index in [1.54, 1.807) is 12.3 Å². The molecule has 6 nitrogen and oxygen atoms in total. The number of ether oxygens (including phenoxy) is 1. The van der Waals surface area contributed by atoms with Gasteiger partial charge in [-0.3, -0.25) is 4.79 Å². The van der Waals surface area contributed by atoms with Gasteiger partial charge in [-0.15, -0.1) is 0 Å². The largest absolute Gasteiger partial charge is 0.467 e. The fourth-order valence-corrected chi connectivity index (χ4v) is 2.87.